The van der Waals surface area contributed by atoms with Crippen molar-refractivity contribution in [3.63, 3.8) is 0 Å². The summed E-state index contributed by atoms with van der Waals surface area (Å²) in [6.45, 7) is 5.55. The Morgan fingerprint density at radius 3 is 2.79 bits per heavy atom. The highest BCUT2D eigenvalue weighted by Gasteiger charge is 2.23. The second kappa shape index (κ2) is 9.74. The Hall–Kier alpha value is -3.20. The molecule has 1 N–H and O–H groups in total. The molecular formula is C24H28N4O4S. The minimum Gasteiger partial charge on any atom is -0.493 e. The van der Waals surface area contributed by atoms with Crippen molar-refractivity contribution in [1.29, 1.82) is 0 Å². The topological polar surface area (TPSA) is 94.8 Å². The number of ether oxygens (including phenoxy) is 2. The fourth-order valence-electron chi connectivity index (χ4n) is 3.94. The Kier molecular flexibility index (Phi) is 6.78. The zero-order chi connectivity index (χ0) is 23.5. The molecule has 0 spiro atoms. The van der Waals surface area contributed by atoms with E-state index in [4.69, 9.17) is 9.47 Å². The van der Waals surface area contributed by atoms with Gasteiger partial charge in [-0.25, -0.2) is 10.4 Å². The van der Waals surface area contributed by atoms with Gasteiger partial charge in [-0.1, -0.05) is 0 Å². The molecule has 1 aromatic carbocycles. The number of hydrogen-bond acceptors (Lipinski definition) is 7. The van der Waals surface area contributed by atoms with Gasteiger partial charge in [0.05, 0.1) is 31.1 Å². The summed E-state index contributed by atoms with van der Waals surface area (Å²) in [5, 5.41) is 4.71. The average Bonchev–Trinajstić information content (AvgIpc) is 3.18. The summed E-state index contributed by atoms with van der Waals surface area (Å²) in [5.41, 5.74) is 4.19. The first-order valence-corrected chi connectivity index (χ1v) is 11.9. The Bertz CT molecular complexity index is 1260. The van der Waals surface area contributed by atoms with Crippen LogP contribution >= 0.6 is 11.3 Å². The van der Waals surface area contributed by atoms with Crippen molar-refractivity contribution in [2.75, 3.05) is 7.11 Å². The molecule has 0 bridgehead atoms. The molecule has 0 radical (unpaired) electrons. The van der Waals surface area contributed by atoms with E-state index < -0.39 is 11.9 Å². The normalized spacial score (nSPS) is 14.5. The summed E-state index contributed by atoms with van der Waals surface area (Å²) < 4.78 is 12.5. The third kappa shape index (κ3) is 4.78. The van der Waals surface area contributed by atoms with Gasteiger partial charge in [-0.05, 0) is 75.8 Å². The molecule has 1 aliphatic carbocycles. The molecule has 0 saturated heterocycles. The van der Waals surface area contributed by atoms with Crippen LogP contribution in [0.3, 0.4) is 0 Å². The number of hydrazone groups is 1. The van der Waals surface area contributed by atoms with Crippen LogP contribution in [-0.4, -0.2) is 34.9 Å². The molecule has 9 heteroatoms. The van der Waals surface area contributed by atoms with Crippen molar-refractivity contribution in [3.8, 4) is 11.5 Å². The summed E-state index contributed by atoms with van der Waals surface area (Å²) in [4.78, 5) is 32.3. The molecule has 2 aromatic heterocycles. The van der Waals surface area contributed by atoms with Gasteiger partial charge in [-0.3, -0.25) is 14.2 Å². The highest BCUT2D eigenvalue weighted by molar-refractivity contribution is 7.18. The maximum atomic E-state index is 13.2. The van der Waals surface area contributed by atoms with Gasteiger partial charge in [-0.15, -0.1) is 11.3 Å². The van der Waals surface area contributed by atoms with Crippen molar-refractivity contribution in [2.45, 2.75) is 58.6 Å². The largest absolute Gasteiger partial charge is 0.493 e. The van der Waals surface area contributed by atoms with E-state index in [-0.39, 0.29) is 11.7 Å². The molecule has 1 atom stereocenters. The molecule has 0 saturated carbocycles. The van der Waals surface area contributed by atoms with Crippen molar-refractivity contribution < 1.29 is 14.3 Å². The number of amides is 1. The summed E-state index contributed by atoms with van der Waals surface area (Å²) in [6, 6.07) is 4.65. The second-order valence-electron chi connectivity index (χ2n) is 8.34. The van der Waals surface area contributed by atoms with Crippen LogP contribution in [0.15, 0.2) is 34.4 Å². The molecule has 2 heterocycles. The standard InChI is InChI=1S/C24H28N4O4S/c1-14(2)32-18-10-9-16(11-19(18)31-4)12-26-27-22(29)15(3)28-13-25-23-21(24(28)30)17-7-5-6-8-20(17)33-23/h9-15H,5-8H2,1-4H3,(H,27,29)/b26-12+. The number of rotatable bonds is 7. The third-order valence-electron chi connectivity index (χ3n) is 5.64. The van der Waals surface area contributed by atoms with Crippen LogP contribution in [0.4, 0.5) is 0 Å². The first-order chi connectivity index (χ1) is 15.9. The predicted molar refractivity (Wildman–Crippen MR) is 130 cm³/mol. The van der Waals surface area contributed by atoms with E-state index in [2.05, 4.69) is 15.5 Å². The molecule has 174 valence electrons. The maximum Gasteiger partial charge on any atom is 0.263 e. The van der Waals surface area contributed by atoms with Gasteiger partial charge in [0, 0.05) is 4.88 Å². The van der Waals surface area contributed by atoms with Crippen LogP contribution < -0.4 is 20.5 Å². The monoisotopic (exact) mass is 468 g/mol. The molecule has 0 aliphatic heterocycles. The number of carbonyl (C=O) groups is 1. The minimum absolute atomic E-state index is 0.0240. The van der Waals surface area contributed by atoms with Gasteiger partial charge in [0.1, 0.15) is 10.9 Å². The second-order valence-corrected chi connectivity index (χ2v) is 9.42. The van der Waals surface area contributed by atoms with E-state index in [0.29, 0.717) is 16.9 Å². The van der Waals surface area contributed by atoms with E-state index in [1.165, 1.54) is 22.0 Å². The quantitative estimate of drug-likeness (QED) is 0.420. The zero-order valence-electron chi connectivity index (χ0n) is 19.3. The summed E-state index contributed by atoms with van der Waals surface area (Å²) >= 11 is 1.59. The van der Waals surface area contributed by atoms with Gasteiger partial charge < -0.3 is 9.47 Å². The number of carbonyl (C=O) groups excluding carboxylic acids is 1. The summed E-state index contributed by atoms with van der Waals surface area (Å²) in [6.07, 6.45) is 7.11. The predicted octanol–water partition coefficient (Wildman–Crippen LogP) is 3.84. The molecule has 1 aliphatic rings. The Morgan fingerprint density at radius 1 is 1.24 bits per heavy atom. The highest BCUT2D eigenvalue weighted by atomic mass is 32.1. The molecule has 1 amide bonds. The van der Waals surface area contributed by atoms with Crippen LogP contribution in [0.2, 0.25) is 0 Å². The van der Waals surface area contributed by atoms with Crippen LogP contribution in [0.1, 0.15) is 55.7 Å². The molecule has 4 rings (SSSR count). The number of fused-ring (bicyclic) bond motifs is 3. The van der Waals surface area contributed by atoms with E-state index >= 15 is 0 Å². The van der Waals surface area contributed by atoms with Crippen LogP contribution in [-0.2, 0) is 17.6 Å². The van der Waals surface area contributed by atoms with E-state index in [9.17, 15) is 9.59 Å². The smallest absolute Gasteiger partial charge is 0.263 e. The summed E-state index contributed by atoms with van der Waals surface area (Å²) in [7, 11) is 1.57. The Morgan fingerprint density at radius 2 is 2.03 bits per heavy atom. The van der Waals surface area contributed by atoms with E-state index in [1.807, 2.05) is 19.9 Å². The zero-order valence-corrected chi connectivity index (χ0v) is 20.1. The Labute approximate surface area is 196 Å². The first-order valence-electron chi connectivity index (χ1n) is 11.1. The molecular weight excluding hydrogens is 440 g/mol. The number of nitrogens with one attached hydrogen (secondary N) is 1. The fraction of sp³-hybridized carbons (Fsp3) is 0.417. The maximum absolute atomic E-state index is 13.2. The summed E-state index contributed by atoms with van der Waals surface area (Å²) in [5.74, 6) is 0.822. The lowest BCUT2D eigenvalue weighted by Gasteiger charge is -2.14. The lowest BCUT2D eigenvalue weighted by Crippen LogP contribution is -2.34. The minimum atomic E-state index is -0.748. The molecule has 1 unspecified atom stereocenters. The van der Waals surface area contributed by atoms with Crippen LogP contribution in [0, 0.1) is 0 Å². The molecule has 0 fully saturated rings. The van der Waals surface area contributed by atoms with Gasteiger partial charge in [0.25, 0.3) is 11.5 Å². The van der Waals surface area contributed by atoms with Crippen LogP contribution in [0.5, 0.6) is 11.5 Å². The number of aromatic nitrogens is 2. The molecule has 33 heavy (non-hydrogen) atoms. The SMILES string of the molecule is COc1cc(/C=N/NC(=O)C(C)n2cnc3sc4c(c3c2=O)CCCC4)ccc1OC(C)C. The van der Waals surface area contributed by atoms with Crippen molar-refractivity contribution in [2.24, 2.45) is 5.10 Å². The average molecular weight is 469 g/mol. The number of hydrogen-bond donors (Lipinski definition) is 1. The third-order valence-corrected chi connectivity index (χ3v) is 6.84. The number of benzene rings is 1. The van der Waals surface area contributed by atoms with Gasteiger partial charge >= 0.3 is 0 Å². The number of methoxy groups -OCH3 is 1. The van der Waals surface area contributed by atoms with Gasteiger partial charge in [-0.2, -0.15) is 5.10 Å². The molecule has 8 nitrogen and oxygen atoms in total. The van der Waals surface area contributed by atoms with Crippen molar-refractivity contribution in [1.82, 2.24) is 15.0 Å². The molecule has 3 aromatic rings. The van der Waals surface area contributed by atoms with Crippen molar-refractivity contribution in [3.05, 3.63) is 50.9 Å². The van der Waals surface area contributed by atoms with E-state index in [0.717, 1.165) is 41.6 Å². The number of thiophene rings is 1. The number of aryl methyl sites for hydroxylation is 2. The van der Waals surface area contributed by atoms with Gasteiger partial charge in [0.2, 0.25) is 0 Å². The van der Waals surface area contributed by atoms with E-state index in [1.54, 1.807) is 37.5 Å². The lowest BCUT2D eigenvalue weighted by molar-refractivity contribution is -0.123. The number of nitrogens with zero attached hydrogens (tertiary/aromatic N) is 3. The lowest BCUT2D eigenvalue weighted by atomic mass is 9.97. The van der Waals surface area contributed by atoms with Gasteiger partial charge in [0.15, 0.2) is 11.5 Å². The highest BCUT2D eigenvalue weighted by Crippen LogP contribution is 2.33. The Balaban J connectivity index is 1.49. The fourth-order valence-corrected chi connectivity index (χ4v) is 5.16. The van der Waals surface area contributed by atoms with Crippen molar-refractivity contribution >= 4 is 33.7 Å². The first kappa shape index (κ1) is 23.0. The van der Waals surface area contributed by atoms with Crippen LogP contribution in [0.25, 0.3) is 10.2 Å².